The van der Waals surface area contributed by atoms with E-state index in [0.717, 1.165) is 19.3 Å². The van der Waals surface area contributed by atoms with E-state index < -0.39 is 26.9 Å². The molecule has 5 unspecified atom stereocenters. The molecule has 2 saturated carbocycles. The van der Waals surface area contributed by atoms with Crippen molar-refractivity contribution in [1.82, 2.24) is 15.0 Å². The number of hydrogen-bond acceptors (Lipinski definition) is 5. The van der Waals surface area contributed by atoms with Crippen LogP contribution in [0.25, 0.3) is 10.9 Å². The van der Waals surface area contributed by atoms with Crippen molar-refractivity contribution in [3.05, 3.63) is 36.5 Å². The van der Waals surface area contributed by atoms with Gasteiger partial charge in [-0.15, -0.1) is 0 Å². The summed E-state index contributed by atoms with van der Waals surface area (Å²) >= 11 is 0. The van der Waals surface area contributed by atoms with E-state index in [0.29, 0.717) is 23.2 Å². The summed E-state index contributed by atoms with van der Waals surface area (Å²) in [6, 6.07) is 8.33. The van der Waals surface area contributed by atoms with Crippen LogP contribution in [0.3, 0.4) is 0 Å². The molecule has 9 heteroatoms. The van der Waals surface area contributed by atoms with Gasteiger partial charge in [-0.05, 0) is 69.4 Å². The minimum Gasteiger partial charge on any atom is -0.369 e. The number of benzene rings is 1. The number of fused-ring (bicyclic) bond motifs is 3. The number of hydrogen-bond donors (Lipinski definition) is 3. The van der Waals surface area contributed by atoms with E-state index in [4.69, 9.17) is 5.73 Å². The van der Waals surface area contributed by atoms with Crippen molar-refractivity contribution in [2.24, 2.45) is 28.9 Å². The van der Waals surface area contributed by atoms with E-state index in [2.05, 4.69) is 21.9 Å². The molecule has 2 fully saturated rings. The normalized spacial score (nSPS) is 29.5. The number of nitrogens with two attached hydrogens (primary N) is 1. The fourth-order valence-electron chi connectivity index (χ4n) is 6.01. The zero-order valence-corrected chi connectivity index (χ0v) is 21.0. The lowest BCUT2D eigenvalue weighted by molar-refractivity contribution is -0.134. The van der Waals surface area contributed by atoms with Crippen LogP contribution >= 0.6 is 0 Å². The van der Waals surface area contributed by atoms with E-state index in [1.165, 1.54) is 6.07 Å². The van der Waals surface area contributed by atoms with Gasteiger partial charge in [-0.2, -0.15) is 4.72 Å². The maximum absolute atomic E-state index is 13.4. The number of nitrogens with zero attached hydrogens (tertiary/aromatic N) is 1. The molecule has 1 aromatic heterocycles. The van der Waals surface area contributed by atoms with Gasteiger partial charge in [0.2, 0.25) is 21.8 Å². The Kier molecular flexibility index (Phi) is 6.23. The lowest BCUT2D eigenvalue weighted by Gasteiger charge is -2.50. The molecule has 4 rings (SSSR count). The monoisotopic (exact) mass is 486 g/mol. The third kappa shape index (κ3) is 4.55. The Morgan fingerprint density at radius 1 is 1.15 bits per heavy atom. The van der Waals surface area contributed by atoms with Crippen molar-refractivity contribution in [1.29, 1.82) is 0 Å². The maximum atomic E-state index is 13.4. The molecular formula is C25H34N4O4S. The smallest absolute Gasteiger partial charge is 0.243 e. The molecule has 2 amide bonds. The summed E-state index contributed by atoms with van der Waals surface area (Å²) in [7, 11) is -4.02. The Balaban J connectivity index is 1.53. The van der Waals surface area contributed by atoms with E-state index in [-0.39, 0.29) is 28.7 Å². The predicted octanol–water partition coefficient (Wildman–Crippen LogP) is 2.72. The highest BCUT2D eigenvalue weighted by molar-refractivity contribution is 7.89. The van der Waals surface area contributed by atoms with Crippen LogP contribution in [-0.2, 0) is 19.6 Å². The molecule has 8 nitrogen and oxygen atoms in total. The summed E-state index contributed by atoms with van der Waals surface area (Å²) < 4.78 is 29.1. The highest BCUT2D eigenvalue weighted by Gasteiger charge is 2.49. The highest BCUT2D eigenvalue weighted by Crippen LogP contribution is 2.50. The summed E-state index contributed by atoms with van der Waals surface area (Å²) in [6.45, 7) is 7.14. The zero-order chi connectivity index (χ0) is 24.9. The second kappa shape index (κ2) is 8.61. The number of nitrogens with one attached hydrogen (secondary N) is 2. The molecule has 1 heterocycles. The number of rotatable bonds is 6. The van der Waals surface area contributed by atoms with Crippen LogP contribution in [0.1, 0.15) is 53.4 Å². The van der Waals surface area contributed by atoms with Crippen molar-refractivity contribution in [2.75, 3.05) is 0 Å². The van der Waals surface area contributed by atoms with Crippen LogP contribution in [0.4, 0.5) is 0 Å². The first-order chi connectivity index (χ1) is 15.8. The number of amides is 2. The molecule has 0 radical (unpaired) electrons. The molecule has 1 aromatic carbocycles. The standard InChI is InChI=1S/C25H34N4O4S/c1-15-11-16-12-18(14-25(4,13-16)22(26)30)20(15)28-23(31)24(2,3)29-34(32,33)19-9-5-7-17-8-6-10-27-21(17)19/h5-10,15-16,18,20,29H,11-14H2,1-4H3,(H2,26,30)(H,28,31). The van der Waals surface area contributed by atoms with Gasteiger partial charge in [0.05, 0.1) is 5.52 Å². The van der Waals surface area contributed by atoms with Gasteiger partial charge >= 0.3 is 0 Å². The van der Waals surface area contributed by atoms with Gasteiger partial charge in [0, 0.05) is 23.0 Å². The van der Waals surface area contributed by atoms with Crippen LogP contribution in [0.2, 0.25) is 0 Å². The van der Waals surface area contributed by atoms with Crippen LogP contribution in [-0.4, -0.2) is 36.8 Å². The molecule has 0 saturated heterocycles. The molecule has 4 N–H and O–H groups in total. The van der Waals surface area contributed by atoms with Gasteiger partial charge in [-0.25, -0.2) is 8.42 Å². The Labute approximate surface area is 201 Å². The third-order valence-electron chi connectivity index (χ3n) is 7.65. The molecule has 2 aliphatic carbocycles. The second-order valence-corrected chi connectivity index (χ2v) is 12.6. The van der Waals surface area contributed by atoms with Gasteiger partial charge < -0.3 is 11.1 Å². The average molecular weight is 487 g/mol. The maximum Gasteiger partial charge on any atom is 0.243 e. The molecule has 0 spiro atoms. The summed E-state index contributed by atoms with van der Waals surface area (Å²) in [5, 5.41) is 3.82. The number of para-hydroxylation sites is 1. The lowest BCUT2D eigenvalue weighted by Crippen LogP contribution is -2.61. The van der Waals surface area contributed by atoms with Crippen LogP contribution in [0.15, 0.2) is 41.4 Å². The Bertz CT molecular complexity index is 1220. The fraction of sp³-hybridized carbons (Fsp3) is 0.560. The molecule has 0 aliphatic heterocycles. The molecule has 34 heavy (non-hydrogen) atoms. The van der Waals surface area contributed by atoms with Crippen molar-refractivity contribution in [3.63, 3.8) is 0 Å². The first-order valence-electron chi connectivity index (χ1n) is 11.8. The van der Waals surface area contributed by atoms with Gasteiger partial charge in [0.1, 0.15) is 10.4 Å². The fourth-order valence-corrected chi connectivity index (χ4v) is 7.56. The van der Waals surface area contributed by atoms with Crippen molar-refractivity contribution < 1.29 is 18.0 Å². The van der Waals surface area contributed by atoms with Crippen LogP contribution in [0, 0.1) is 23.2 Å². The third-order valence-corrected chi connectivity index (χ3v) is 9.34. The summed E-state index contributed by atoms with van der Waals surface area (Å²) in [5.41, 5.74) is 4.10. The van der Waals surface area contributed by atoms with E-state index in [1.807, 2.05) is 6.92 Å². The molecule has 5 atom stereocenters. The SMILES string of the molecule is CC1CC2CC(CC(C)(C(N)=O)C2)C1NC(=O)C(C)(C)NS(=O)(=O)c1cccc2cccnc12. The number of carbonyl (C=O) groups is 2. The zero-order valence-electron chi connectivity index (χ0n) is 20.2. The minimum atomic E-state index is -4.02. The summed E-state index contributed by atoms with van der Waals surface area (Å²) in [6.07, 6.45) is 4.79. The first kappa shape index (κ1) is 24.6. The topological polar surface area (TPSA) is 131 Å². The first-order valence-corrected chi connectivity index (χ1v) is 13.3. The predicted molar refractivity (Wildman–Crippen MR) is 130 cm³/mol. The van der Waals surface area contributed by atoms with E-state index in [9.17, 15) is 18.0 Å². The molecule has 2 bridgehead atoms. The van der Waals surface area contributed by atoms with Crippen molar-refractivity contribution in [3.8, 4) is 0 Å². The van der Waals surface area contributed by atoms with Crippen LogP contribution in [0.5, 0.6) is 0 Å². The van der Waals surface area contributed by atoms with E-state index >= 15 is 0 Å². The molecule has 184 valence electrons. The minimum absolute atomic E-state index is 0.0323. The lowest BCUT2D eigenvalue weighted by atomic mass is 9.57. The van der Waals surface area contributed by atoms with Gasteiger partial charge in [-0.1, -0.05) is 32.0 Å². The van der Waals surface area contributed by atoms with Gasteiger partial charge in [0.25, 0.3) is 0 Å². The molecule has 2 aromatic rings. The quantitative estimate of drug-likeness (QED) is 0.578. The van der Waals surface area contributed by atoms with Gasteiger partial charge in [-0.3, -0.25) is 14.6 Å². The number of primary amides is 1. The number of aromatic nitrogens is 1. The number of carbonyl (C=O) groups excluding carboxylic acids is 2. The Morgan fingerprint density at radius 2 is 1.85 bits per heavy atom. The van der Waals surface area contributed by atoms with Crippen LogP contribution < -0.4 is 15.8 Å². The highest BCUT2D eigenvalue weighted by atomic mass is 32.2. The summed E-state index contributed by atoms with van der Waals surface area (Å²) in [5.74, 6) is 0.0627. The Hall–Kier alpha value is -2.52. The molecular weight excluding hydrogens is 452 g/mol. The number of pyridine rings is 1. The largest absolute Gasteiger partial charge is 0.369 e. The molecule has 2 aliphatic rings. The van der Waals surface area contributed by atoms with Crippen molar-refractivity contribution >= 4 is 32.7 Å². The average Bonchev–Trinajstić information content (AvgIpc) is 2.74. The van der Waals surface area contributed by atoms with Gasteiger partial charge in [0.15, 0.2) is 0 Å². The second-order valence-electron chi connectivity index (χ2n) is 11.0. The number of sulfonamides is 1. The Morgan fingerprint density at radius 3 is 2.56 bits per heavy atom. The van der Waals surface area contributed by atoms with Crippen molar-refractivity contribution in [2.45, 2.75) is 69.9 Å². The summed E-state index contributed by atoms with van der Waals surface area (Å²) in [4.78, 5) is 29.7. The van der Waals surface area contributed by atoms with E-state index in [1.54, 1.807) is 44.3 Å².